The van der Waals surface area contributed by atoms with Crippen molar-refractivity contribution >= 4 is 11.9 Å². The first-order valence-corrected chi connectivity index (χ1v) is 9.02. The first kappa shape index (κ1) is 19.7. The molecule has 0 aromatic heterocycles. The zero-order valence-electron chi connectivity index (χ0n) is 15.6. The van der Waals surface area contributed by atoms with Crippen molar-refractivity contribution in [2.24, 2.45) is 5.92 Å². The molecule has 2 atom stereocenters. The van der Waals surface area contributed by atoms with Crippen molar-refractivity contribution in [2.45, 2.75) is 45.6 Å². The number of carbonyl (C=O) groups is 2. The Morgan fingerprint density at radius 3 is 2.00 bits per heavy atom. The summed E-state index contributed by atoms with van der Waals surface area (Å²) in [5, 5.41) is 12.1. The fourth-order valence-electron chi connectivity index (χ4n) is 2.91. The molecule has 0 radical (unpaired) electrons. The van der Waals surface area contributed by atoms with E-state index in [-0.39, 0.29) is 12.3 Å². The minimum atomic E-state index is -1.03. The Kier molecular flexibility index (Phi) is 6.96. The summed E-state index contributed by atoms with van der Waals surface area (Å²) in [5.41, 5.74) is 3.01. The summed E-state index contributed by atoms with van der Waals surface area (Å²) in [4.78, 5) is 24.1. The Balaban J connectivity index is 2.02. The standard InChI is InChI=1S/C22H27NO3/c1-15(2)13-18-9-11-19(12-10-18)16(3)21(24)23-20(22(25)26)14-17-7-5-4-6-8-17/h4-12,15-16,20H,13-14H2,1-3H3,(H,23,24)(H,25,26)/t16?,20-/m0/s1. The van der Waals surface area contributed by atoms with Crippen LogP contribution in [0.3, 0.4) is 0 Å². The van der Waals surface area contributed by atoms with E-state index in [4.69, 9.17) is 0 Å². The van der Waals surface area contributed by atoms with Gasteiger partial charge in [-0.1, -0.05) is 68.4 Å². The van der Waals surface area contributed by atoms with Gasteiger partial charge in [-0.25, -0.2) is 4.79 Å². The summed E-state index contributed by atoms with van der Waals surface area (Å²) in [5.74, 6) is -1.12. The predicted molar refractivity (Wildman–Crippen MR) is 103 cm³/mol. The number of rotatable bonds is 8. The Hall–Kier alpha value is -2.62. The van der Waals surface area contributed by atoms with Gasteiger partial charge >= 0.3 is 5.97 Å². The van der Waals surface area contributed by atoms with E-state index in [9.17, 15) is 14.7 Å². The molecule has 2 rings (SSSR count). The number of carboxylic acid groups (broad SMARTS) is 1. The summed E-state index contributed by atoms with van der Waals surface area (Å²) < 4.78 is 0. The molecule has 4 nitrogen and oxygen atoms in total. The van der Waals surface area contributed by atoms with Crippen LogP contribution >= 0.6 is 0 Å². The fraction of sp³-hybridized carbons (Fsp3) is 0.364. The summed E-state index contributed by atoms with van der Waals surface area (Å²) >= 11 is 0. The third-order valence-electron chi connectivity index (χ3n) is 4.41. The van der Waals surface area contributed by atoms with Gasteiger partial charge in [0.05, 0.1) is 5.92 Å². The van der Waals surface area contributed by atoms with Gasteiger partial charge in [0.25, 0.3) is 0 Å². The van der Waals surface area contributed by atoms with E-state index in [0.29, 0.717) is 5.92 Å². The van der Waals surface area contributed by atoms with Gasteiger partial charge in [0, 0.05) is 6.42 Å². The van der Waals surface area contributed by atoms with Gasteiger partial charge in [-0.3, -0.25) is 4.79 Å². The molecule has 0 heterocycles. The minimum absolute atomic E-state index is 0.266. The summed E-state index contributed by atoms with van der Waals surface area (Å²) in [6.07, 6.45) is 1.26. The number of benzene rings is 2. The van der Waals surface area contributed by atoms with Crippen molar-refractivity contribution in [1.29, 1.82) is 0 Å². The SMILES string of the molecule is CC(C)Cc1ccc(C(C)C(=O)N[C@@H](Cc2ccccc2)C(=O)O)cc1. The van der Waals surface area contributed by atoms with Crippen LogP contribution in [0.2, 0.25) is 0 Å². The normalized spacial score (nSPS) is 13.2. The van der Waals surface area contributed by atoms with Crippen LogP contribution in [0.1, 0.15) is 43.4 Å². The number of carbonyl (C=O) groups excluding carboxylic acids is 1. The molecule has 0 aliphatic heterocycles. The molecule has 138 valence electrons. The lowest BCUT2D eigenvalue weighted by atomic mass is 9.95. The summed E-state index contributed by atoms with van der Waals surface area (Å²) in [6, 6.07) is 16.4. The average molecular weight is 353 g/mol. The third-order valence-corrected chi connectivity index (χ3v) is 4.41. The first-order valence-electron chi connectivity index (χ1n) is 9.02. The van der Waals surface area contributed by atoms with Crippen LogP contribution < -0.4 is 5.32 Å². The molecule has 0 aliphatic rings. The Morgan fingerprint density at radius 1 is 0.885 bits per heavy atom. The van der Waals surface area contributed by atoms with Crippen LogP contribution in [-0.4, -0.2) is 23.0 Å². The van der Waals surface area contributed by atoms with Crippen molar-refractivity contribution in [3.05, 3.63) is 71.3 Å². The fourth-order valence-corrected chi connectivity index (χ4v) is 2.91. The molecule has 4 heteroatoms. The number of amides is 1. The molecule has 0 fully saturated rings. The first-order chi connectivity index (χ1) is 12.4. The van der Waals surface area contributed by atoms with Crippen LogP contribution in [0.25, 0.3) is 0 Å². The lowest BCUT2D eigenvalue weighted by Gasteiger charge is -2.18. The maximum absolute atomic E-state index is 12.5. The highest BCUT2D eigenvalue weighted by molar-refractivity contribution is 5.88. The number of aliphatic carboxylic acids is 1. The molecular weight excluding hydrogens is 326 g/mol. The van der Waals surface area contributed by atoms with Crippen LogP contribution in [0.15, 0.2) is 54.6 Å². The molecule has 1 amide bonds. The Morgan fingerprint density at radius 2 is 1.46 bits per heavy atom. The van der Waals surface area contributed by atoms with Crippen molar-refractivity contribution in [3.63, 3.8) is 0 Å². The second-order valence-electron chi connectivity index (χ2n) is 7.15. The van der Waals surface area contributed by atoms with Gasteiger partial charge in [0.2, 0.25) is 5.91 Å². The second kappa shape index (κ2) is 9.18. The second-order valence-corrected chi connectivity index (χ2v) is 7.15. The van der Waals surface area contributed by atoms with E-state index in [0.717, 1.165) is 17.5 Å². The van der Waals surface area contributed by atoms with E-state index in [1.165, 1.54) is 5.56 Å². The lowest BCUT2D eigenvalue weighted by molar-refractivity contribution is -0.141. The molecule has 2 N–H and O–H groups in total. The largest absolute Gasteiger partial charge is 0.480 e. The quantitative estimate of drug-likeness (QED) is 0.758. The van der Waals surface area contributed by atoms with Crippen molar-refractivity contribution in [3.8, 4) is 0 Å². The van der Waals surface area contributed by atoms with E-state index in [1.54, 1.807) is 6.92 Å². The highest BCUT2D eigenvalue weighted by atomic mass is 16.4. The van der Waals surface area contributed by atoms with E-state index in [2.05, 4.69) is 19.2 Å². The van der Waals surface area contributed by atoms with Crippen LogP contribution in [0.4, 0.5) is 0 Å². The molecule has 2 aromatic rings. The smallest absolute Gasteiger partial charge is 0.326 e. The zero-order valence-corrected chi connectivity index (χ0v) is 15.6. The van der Waals surface area contributed by atoms with Crippen molar-refractivity contribution < 1.29 is 14.7 Å². The van der Waals surface area contributed by atoms with Gasteiger partial charge < -0.3 is 10.4 Å². The molecular formula is C22H27NO3. The van der Waals surface area contributed by atoms with E-state index >= 15 is 0 Å². The van der Waals surface area contributed by atoms with Crippen molar-refractivity contribution in [1.82, 2.24) is 5.32 Å². The Labute approximate surface area is 155 Å². The van der Waals surface area contributed by atoms with Gasteiger partial charge in [0.1, 0.15) is 6.04 Å². The van der Waals surface area contributed by atoms with Crippen LogP contribution in [0.5, 0.6) is 0 Å². The molecule has 0 bridgehead atoms. The third kappa shape index (κ3) is 5.73. The molecule has 26 heavy (non-hydrogen) atoms. The number of hydrogen-bond acceptors (Lipinski definition) is 2. The predicted octanol–water partition coefficient (Wildman–Crippen LogP) is 3.80. The summed E-state index contributed by atoms with van der Waals surface area (Å²) in [6.45, 7) is 6.14. The number of hydrogen-bond donors (Lipinski definition) is 2. The van der Waals surface area contributed by atoms with Gasteiger partial charge in [-0.05, 0) is 36.0 Å². The topological polar surface area (TPSA) is 66.4 Å². The van der Waals surface area contributed by atoms with Crippen molar-refractivity contribution in [2.75, 3.05) is 0 Å². The van der Waals surface area contributed by atoms with Crippen LogP contribution in [-0.2, 0) is 22.4 Å². The number of nitrogens with one attached hydrogen (secondary N) is 1. The minimum Gasteiger partial charge on any atom is -0.480 e. The Bertz CT molecular complexity index is 723. The highest BCUT2D eigenvalue weighted by Gasteiger charge is 2.24. The highest BCUT2D eigenvalue weighted by Crippen LogP contribution is 2.18. The van der Waals surface area contributed by atoms with Gasteiger partial charge in [-0.2, -0.15) is 0 Å². The van der Waals surface area contributed by atoms with Crippen LogP contribution in [0, 0.1) is 5.92 Å². The molecule has 0 aliphatic carbocycles. The molecule has 0 spiro atoms. The number of carboxylic acids is 1. The maximum Gasteiger partial charge on any atom is 0.326 e. The van der Waals surface area contributed by atoms with E-state index in [1.807, 2.05) is 54.6 Å². The monoisotopic (exact) mass is 353 g/mol. The molecule has 2 aromatic carbocycles. The molecule has 0 saturated carbocycles. The van der Waals surface area contributed by atoms with E-state index < -0.39 is 17.9 Å². The average Bonchev–Trinajstić information content (AvgIpc) is 2.61. The van der Waals surface area contributed by atoms with Gasteiger partial charge in [0.15, 0.2) is 0 Å². The lowest BCUT2D eigenvalue weighted by Crippen LogP contribution is -2.44. The summed E-state index contributed by atoms with van der Waals surface area (Å²) in [7, 11) is 0. The van der Waals surface area contributed by atoms with Gasteiger partial charge in [-0.15, -0.1) is 0 Å². The zero-order chi connectivity index (χ0) is 19.1. The molecule has 0 saturated heterocycles. The molecule has 1 unspecified atom stereocenters. The maximum atomic E-state index is 12.5.